The summed E-state index contributed by atoms with van der Waals surface area (Å²) < 4.78 is 0. The third kappa shape index (κ3) is 2.67. The molecule has 0 aromatic heterocycles. The minimum absolute atomic E-state index is 0.121. The monoisotopic (exact) mass is 268 g/mol. The van der Waals surface area contributed by atoms with E-state index in [1.807, 2.05) is 27.7 Å². The maximum absolute atomic E-state index is 12.4. The highest BCUT2D eigenvalue weighted by Gasteiger charge is 2.13. The number of rotatable bonds is 2. The van der Waals surface area contributed by atoms with Crippen LogP contribution in [-0.4, -0.2) is 5.91 Å². The van der Waals surface area contributed by atoms with Crippen LogP contribution in [0.25, 0.3) is 0 Å². The summed E-state index contributed by atoms with van der Waals surface area (Å²) in [6, 6.07) is 9.52. The van der Waals surface area contributed by atoms with Crippen molar-refractivity contribution in [3.8, 4) is 0 Å². The van der Waals surface area contributed by atoms with Gasteiger partial charge in [0.2, 0.25) is 0 Å². The average molecular weight is 268 g/mol. The zero-order valence-corrected chi connectivity index (χ0v) is 12.4. The molecular weight excluding hydrogens is 248 g/mol. The number of hydrogen-bond donors (Lipinski definition) is 2. The number of nitrogen functional groups attached to an aromatic ring is 1. The van der Waals surface area contributed by atoms with E-state index in [1.54, 1.807) is 18.2 Å². The first kappa shape index (κ1) is 14.1. The zero-order valence-electron chi connectivity index (χ0n) is 12.4. The number of hydrogen-bond acceptors (Lipinski definition) is 2. The van der Waals surface area contributed by atoms with Gasteiger partial charge in [-0.25, -0.2) is 0 Å². The van der Waals surface area contributed by atoms with Gasteiger partial charge in [0.05, 0.1) is 0 Å². The lowest BCUT2D eigenvalue weighted by Crippen LogP contribution is -2.15. The fourth-order valence-corrected chi connectivity index (χ4v) is 2.46. The third-order valence-corrected chi connectivity index (χ3v) is 3.54. The Morgan fingerprint density at radius 2 is 1.65 bits per heavy atom. The second-order valence-corrected chi connectivity index (χ2v) is 5.25. The molecule has 20 heavy (non-hydrogen) atoms. The molecule has 0 heterocycles. The van der Waals surface area contributed by atoms with Crippen molar-refractivity contribution in [1.29, 1.82) is 0 Å². The minimum atomic E-state index is -0.121. The molecule has 0 spiro atoms. The van der Waals surface area contributed by atoms with Crippen LogP contribution in [0.2, 0.25) is 0 Å². The van der Waals surface area contributed by atoms with Gasteiger partial charge in [-0.3, -0.25) is 4.79 Å². The lowest BCUT2D eigenvalue weighted by molar-refractivity contribution is 0.102. The summed E-state index contributed by atoms with van der Waals surface area (Å²) in [5.41, 5.74) is 12.1. The summed E-state index contributed by atoms with van der Waals surface area (Å²) in [4.78, 5) is 12.4. The Morgan fingerprint density at radius 3 is 2.25 bits per heavy atom. The van der Waals surface area contributed by atoms with Crippen molar-refractivity contribution in [2.45, 2.75) is 27.7 Å². The highest BCUT2D eigenvalue weighted by molar-refractivity contribution is 6.06. The van der Waals surface area contributed by atoms with Crippen LogP contribution in [0.15, 0.2) is 30.3 Å². The zero-order chi connectivity index (χ0) is 14.9. The van der Waals surface area contributed by atoms with Gasteiger partial charge in [-0.15, -0.1) is 0 Å². The molecule has 3 nitrogen and oxygen atoms in total. The van der Waals surface area contributed by atoms with Crippen LogP contribution in [0, 0.1) is 27.7 Å². The number of nitrogens with two attached hydrogens (primary N) is 1. The van der Waals surface area contributed by atoms with Crippen LogP contribution >= 0.6 is 0 Å². The van der Waals surface area contributed by atoms with E-state index in [0.717, 1.165) is 22.4 Å². The second kappa shape index (κ2) is 5.37. The average Bonchev–Trinajstić information content (AvgIpc) is 2.36. The lowest BCUT2D eigenvalue weighted by atomic mass is 10.0. The molecule has 2 aromatic rings. The van der Waals surface area contributed by atoms with Gasteiger partial charge < -0.3 is 11.1 Å². The molecule has 0 bridgehead atoms. The van der Waals surface area contributed by atoms with Crippen molar-refractivity contribution in [3.63, 3.8) is 0 Å². The molecular formula is C17H20N2O. The molecule has 104 valence electrons. The number of carbonyl (C=O) groups excluding carboxylic acids is 1. The molecule has 0 radical (unpaired) electrons. The fraction of sp³-hybridized carbons (Fsp3) is 0.235. The fourth-order valence-electron chi connectivity index (χ4n) is 2.46. The Bertz CT molecular complexity index is 652. The van der Waals surface area contributed by atoms with E-state index in [0.29, 0.717) is 11.3 Å². The summed E-state index contributed by atoms with van der Waals surface area (Å²) in [5, 5.41) is 3.00. The lowest BCUT2D eigenvalue weighted by Gasteiger charge is -2.14. The van der Waals surface area contributed by atoms with Crippen molar-refractivity contribution in [1.82, 2.24) is 0 Å². The molecule has 0 saturated carbocycles. The van der Waals surface area contributed by atoms with Crippen molar-refractivity contribution in [2.24, 2.45) is 0 Å². The van der Waals surface area contributed by atoms with E-state index in [4.69, 9.17) is 5.73 Å². The number of benzene rings is 2. The first-order chi connectivity index (χ1) is 9.40. The summed E-state index contributed by atoms with van der Waals surface area (Å²) in [6.45, 7) is 7.91. The molecule has 3 heteroatoms. The topological polar surface area (TPSA) is 55.1 Å². The molecule has 0 fully saturated rings. The van der Waals surface area contributed by atoms with Gasteiger partial charge in [-0.1, -0.05) is 23.8 Å². The normalized spacial score (nSPS) is 10.4. The maximum Gasteiger partial charge on any atom is 0.256 e. The van der Waals surface area contributed by atoms with Crippen LogP contribution in [0.4, 0.5) is 11.4 Å². The SMILES string of the molecule is Cc1cc(C)c(NC(=O)c2cccc(N)c2C)c(C)c1. The van der Waals surface area contributed by atoms with Gasteiger partial charge in [0, 0.05) is 16.9 Å². The molecule has 2 aromatic carbocycles. The Labute approximate surface area is 119 Å². The standard InChI is InChI=1S/C17H20N2O/c1-10-8-11(2)16(12(3)9-10)19-17(20)14-6-5-7-15(18)13(14)4/h5-9H,18H2,1-4H3,(H,19,20). The van der Waals surface area contributed by atoms with E-state index in [9.17, 15) is 4.79 Å². The number of amides is 1. The van der Waals surface area contributed by atoms with Gasteiger partial charge in [-0.2, -0.15) is 0 Å². The van der Waals surface area contributed by atoms with Gasteiger partial charge in [0.1, 0.15) is 0 Å². The predicted octanol–water partition coefficient (Wildman–Crippen LogP) is 3.75. The van der Waals surface area contributed by atoms with Crippen LogP contribution < -0.4 is 11.1 Å². The molecule has 0 saturated heterocycles. The number of aryl methyl sites for hydroxylation is 3. The summed E-state index contributed by atoms with van der Waals surface area (Å²) in [5.74, 6) is -0.121. The highest BCUT2D eigenvalue weighted by atomic mass is 16.1. The third-order valence-electron chi connectivity index (χ3n) is 3.54. The van der Waals surface area contributed by atoms with E-state index in [2.05, 4.69) is 17.4 Å². The molecule has 0 unspecified atom stereocenters. The van der Waals surface area contributed by atoms with Crippen LogP contribution in [0.5, 0.6) is 0 Å². The Hall–Kier alpha value is -2.29. The molecule has 0 aliphatic rings. The summed E-state index contributed by atoms with van der Waals surface area (Å²) in [6.07, 6.45) is 0. The quantitative estimate of drug-likeness (QED) is 0.815. The number of anilines is 2. The van der Waals surface area contributed by atoms with E-state index < -0.39 is 0 Å². The van der Waals surface area contributed by atoms with Crippen LogP contribution in [0.1, 0.15) is 32.6 Å². The smallest absolute Gasteiger partial charge is 0.256 e. The van der Waals surface area contributed by atoms with E-state index in [1.165, 1.54) is 5.56 Å². The minimum Gasteiger partial charge on any atom is -0.398 e. The van der Waals surface area contributed by atoms with Crippen molar-refractivity contribution in [3.05, 3.63) is 58.1 Å². The Kier molecular flexibility index (Phi) is 3.79. The van der Waals surface area contributed by atoms with Crippen molar-refractivity contribution < 1.29 is 4.79 Å². The molecule has 1 amide bonds. The Morgan fingerprint density at radius 1 is 1.05 bits per heavy atom. The predicted molar refractivity (Wildman–Crippen MR) is 84.2 cm³/mol. The van der Waals surface area contributed by atoms with Gasteiger partial charge in [0.25, 0.3) is 5.91 Å². The van der Waals surface area contributed by atoms with Gasteiger partial charge >= 0.3 is 0 Å². The second-order valence-electron chi connectivity index (χ2n) is 5.25. The molecule has 0 aliphatic heterocycles. The van der Waals surface area contributed by atoms with Gasteiger partial charge in [0.15, 0.2) is 0 Å². The van der Waals surface area contributed by atoms with E-state index in [-0.39, 0.29) is 5.91 Å². The number of nitrogens with one attached hydrogen (secondary N) is 1. The first-order valence-corrected chi connectivity index (χ1v) is 6.64. The summed E-state index contributed by atoms with van der Waals surface area (Å²) in [7, 11) is 0. The van der Waals surface area contributed by atoms with Crippen LogP contribution in [0.3, 0.4) is 0 Å². The van der Waals surface area contributed by atoms with Crippen LogP contribution in [-0.2, 0) is 0 Å². The van der Waals surface area contributed by atoms with E-state index >= 15 is 0 Å². The summed E-state index contributed by atoms with van der Waals surface area (Å²) >= 11 is 0. The molecule has 0 aliphatic carbocycles. The molecule has 3 N–H and O–H groups in total. The molecule has 0 atom stereocenters. The largest absolute Gasteiger partial charge is 0.398 e. The number of carbonyl (C=O) groups is 1. The highest BCUT2D eigenvalue weighted by Crippen LogP contribution is 2.24. The molecule has 2 rings (SSSR count). The first-order valence-electron chi connectivity index (χ1n) is 6.64. The van der Waals surface area contributed by atoms with Crippen molar-refractivity contribution in [2.75, 3.05) is 11.1 Å². The Balaban J connectivity index is 2.36. The van der Waals surface area contributed by atoms with Crippen molar-refractivity contribution >= 4 is 17.3 Å². The maximum atomic E-state index is 12.4. The van der Waals surface area contributed by atoms with Gasteiger partial charge in [-0.05, 0) is 56.5 Å².